The first-order chi connectivity index (χ1) is 8.13. The van der Waals surface area contributed by atoms with Crippen molar-refractivity contribution in [1.29, 1.82) is 0 Å². The second kappa shape index (κ2) is 5.06. The van der Waals surface area contributed by atoms with E-state index in [-0.39, 0.29) is 0 Å². The first-order valence-electron chi connectivity index (χ1n) is 5.90. The van der Waals surface area contributed by atoms with Crippen molar-refractivity contribution in [2.24, 2.45) is 5.92 Å². The zero-order valence-corrected chi connectivity index (χ0v) is 10.8. The summed E-state index contributed by atoms with van der Waals surface area (Å²) in [6.07, 6.45) is 3.44. The Morgan fingerprint density at radius 1 is 1.29 bits per heavy atom. The lowest BCUT2D eigenvalue weighted by molar-refractivity contribution is 0.575. The lowest BCUT2D eigenvalue weighted by Crippen LogP contribution is -2.25. The summed E-state index contributed by atoms with van der Waals surface area (Å²) < 4.78 is 26.8. The van der Waals surface area contributed by atoms with Crippen molar-refractivity contribution in [3.8, 4) is 0 Å². The Hall–Kier alpha value is -1.07. The molecule has 0 heterocycles. The molecule has 1 aromatic rings. The molecule has 1 fully saturated rings. The largest absolute Gasteiger partial charge is 0.387 e. The first kappa shape index (κ1) is 12.4. The van der Waals surface area contributed by atoms with E-state index in [1.807, 2.05) is 6.07 Å². The minimum atomic E-state index is -3.38. The molecule has 0 saturated heterocycles. The number of para-hydroxylation sites is 1. The highest BCUT2D eigenvalue weighted by Gasteiger charge is 2.22. The van der Waals surface area contributed by atoms with Crippen molar-refractivity contribution in [2.45, 2.75) is 24.2 Å². The van der Waals surface area contributed by atoms with Gasteiger partial charge in [0.25, 0.3) is 0 Å². The molecule has 1 aliphatic rings. The van der Waals surface area contributed by atoms with Crippen molar-refractivity contribution in [3.05, 3.63) is 24.3 Å². The summed E-state index contributed by atoms with van der Waals surface area (Å²) in [5, 5.41) is 2.89. The number of nitrogens with one attached hydrogen (secondary N) is 2. The van der Waals surface area contributed by atoms with Crippen LogP contribution in [0.4, 0.5) is 5.69 Å². The average molecular weight is 254 g/mol. The first-order valence-corrected chi connectivity index (χ1v) is 7.38. The Morgan fingerprint density at radius 2 is 2.00 bits per heavy atom. The Labute approximate surface area is 102 Å². The van der Waals surface area contributed by atoms with Crippen LogP contribution < -0.4 is 10.0 Å². The summed E-state index contributed by atoms with van der Waals surface area (Å²) in [5.41, 5.74) is 0.631. The fourth-order valence-corrected chi connectivity index (χ4v) is 3.05. The van der Waals surface area contributed by atoms with Gasteiger partial charge in [-0.15, -0.1) is 0 Å². The molecule has 0 aliphatic heterocycles. The molecule has 0 atom stereocenters. The predicted molar refractivity (Wildman–Crippen MR) is 68.5 cm³/mol. The van der Waals surface area contributed by atoms with Gasteiger partial charge in [0, 0.05) is 13.6 Å². The second-order valence-electron chi connectivity index (χ2n) is 4.38. The topological polar surface area (TPSA) is 58.2 Å². The van der Waals surface area contributed by atoms with E-state index in [1.165, 1.54) is 12.8 Å². The molecule has 5 heteroatoms. The number of anilines is 1. The lowest BCUT2D eigenvalue weighted by atomic mass is 10.3. The predicted octanol–water partition coefficient (Wildman–Crippen LogP) is 1.81. The van der Waals surface area contributed by atoms with Crippen LogP contribution in [0.1, 0.15) is 19.3 Å². The number of hydrogen-bond acceptors (Lipinski definition) is 3. The standard InChI is InChI=1S/C12H18N2O2S/c1-13-11-4-2-3-5-12(11)17(15,16)14-9-8-10-6-7-10/h2-5,10,13-14H,6-9H2,1H3. The van der Waals surface area contributed by atoms with Crippen LogP contribution in [0, 0.1) is 5.92 Å². The normalized spacial score (nSPS) is 15.8. The third-order valence-electron chi connectivity index (χ3n) is 2.99. The Kier molecular flexibility index (Phi) is 3.69. The molecule has 0 bridgehead atoms. The fourth-order valence-electron chi connectivity index (χ4n) is 1.79. The van der Waals surface area contributed by atoms with Crippen LogP contribution in [0.5, 0.6) is 0 Å². The molecule has 2 N–H and O–H groups in total. The van der Waals surface area contributed by atoms with Crippen molar-refractivity contribution >= 4 is 15.7 Å². The number of sulfonamides is 1. The van der Waals surface area contributed by atoms with Gasteiger partial charge in [-0.1, -0.05) is 25.0 Å². The molecule has 4 nitrogen and oxygen atoms in total. The summed E-state index contributed by atoms with van der Waals surface area (Å²) in [4.78, 5) is 0.318. The zero-order chi connectivity index (χ0) is 12.3. The van der Waals surface area contributed by atoms with E-state index in [9.17, 15) is 8.42 Å². The molecule has 1 aliphatic carbocycles. The zero-order valence-electron chi connectivity index (χ0n) is 9.94. The molecule has 94 valence electrons. The number of hydrogen-bond donors (Lipinski definition) is 2. The molecular formula is C12H18N2O2S. The monoisotopic (exact) mass is 254 g/mol. The van der Waals surface area contributed by atoms with Gasteiger partial charge in [-0.2, -0.15) is 0 Å². The van der Waals surface area contributed by atoms with Crippen molar-refractivity contribution in [1.82, 2.24) is 4.72 Å². The summed E-state index contributed by atoms with van der Waals surface area (Å²) in [5.74, 6) is 0.734. The molecule has 0 spiro atoms. The van der Waals surface area contributed by atoms with E-state index in [0.29, 0.717) is 17.1 Å². The van der Waals surface area contributed by atoms with Gasteiger partial charge in [-0.25, -0.2) is 13.1 Å². The molecule has 1 aromatic carbocycles. The van der Waals surface area contributed by atoms with Crippen LogP contribution in [0.2, 0.25) is 0 Å². The number of benzene rings is 1. The summed E-state index contributed by atoms with van der Waals surface area (Å²) in [6.45, 7) is 0.533. The van der Waals surface area contributed by atoms with E-state index in [0.717, 1.165) is 12.3 Å². The highest BCUT2D eigenvalue weighted by atomic mass is 32.2. The quantitative estimate of drug-likeness (QED) is 0.814. The van der Waals surface area contributed by atoms with Gasteiger partial charge in [0.2, 0.25) is 10.0 Å². The number of rotatable bonds is 6. The maximum atomic E-state index is 12.1. The minimum Gasteiger partial charge on any atom is -0.387 e. The van der Waals surface area contributed by atoms with Gasteiger partial charge >= 0.3 is 0 Å². The van der Waals surface area contributed by atoms with Gasteiger partial charge < -0.3 is 5.32 Å². The molecule has 17 heavy (non-hydrogen) atoms. The molecule has 1 saturated carbocycles. The van der Waals surface area contributed by atoms with E-state index in [2.05, 4.69) is 10.0 Å². The van der Waals surface area contributed by atoms with E-state index in [1.54, 1.807) is 25.2 Å². The third-order valence-corrected chi connectivity index (χ3v) is 4.51. The summed E-state index contributed by atoms with van der Waals surface area (Å²) in [6, 6.07) is 6.92. The molecule has 0 radical (unpaired) electrons. The van der Waals surface area contributed by atoms with Crippen LogP contribution in [0.15, 0.2) is 29.2 Å². The van der Waals surface area contributed by atoms with E-state index >= 15 is 0 Å². The van der Waals surface area contributed by atoms with Gasteiger partial charge in [-0.3, -0.25) is 0 Å². The van der Waals surface area contributed by atoms with Gasteiger partial charge in [0.05, 0.1) is 5.69 Å². The Morgan fingerprint density at radius 3 is 2.65 bits per heavy atom. The lowest BCUT2D eigenvalue weighted by Gasteiger charge is -2.10. The second-order valence-corrected chi connectivity index (χ2v) is 6.11. The smallest absolute Gasteiger partial charge is 0.242 e. The van der Waals surface area contributed by atoms with Crippen LogP contribution in [-0.4, -0.2) is 22.0 Å². The summed E-state index contributed by atoms with van der Waals surface area (Å²) >= 11 is 0. The van der Waals surface area contributed by atoms with E-state index in [4.69, 9.17) is 0 Å². The summed E-state index contributed by atoms with van der Waals surface area (Å²) in [7, 11) is -1.66. The molecule has 0 unspecified atom stereocenters. The fraction of sp³-hybridized carbons (Fsp3) is 0.500. The minimum absolute atomic E-state index is 0.318. The van der Waals surface area contributed by atoms with Crippen LogP contribution in [-0.2, 0) is 10.0 Å². The molecule has 0 amide bonds. The van der Waals surface area contributed by atoms with Gasteiger partial charge in [0.1, 0.15) is 4.90 Å². The van der Waals surface area contributed by atoms with Crippen molar-refractivity contribution in [2.75, 3.05) is 18.9 Å². The highest BCUT2D eigenvalue weighted by molar-refractivity contribution is 7.89. The Bertz CT molecular complexity index is 481. The molecular weight excluding hydrogens is 236 g/mol. The average Bonchev–Trinajstić information content (AvgIpc) is 3.13. The highest BCUT2D eigenvalue weighted by Crippen LogP contribution is 2.32. The maximum Gasteiger partial charge on any atom is 0.242 e. The SMILES string of the molecule is CNc1ccccc1S(=O)(=O)NCCC1CC1. The maximum absolute atomic E-state index is 12.1. The van der Waals surface area contributed by atoms with Crippen LogP contribution >= 0.6 is 0 Å². The van der Waals surface area contributed by atoms with Crippen LogP contribution in [0.25, 0.3) is 0 Å². The van der Waals surface area contributed by atoms with E-state index < -0.39 is 10.0 Å². The van der Waals surface area contributed by atoms with Gasteiger partial charge in [-0.05, 0) is 24.5 Å². The van der Waals surface area contributed by atoms with Gasteiger partial charge in [0.15, 0.2) is 0 Å². The van der Waals surface area contributed by atoms with Crippen molar-refractivity contribution < 1.29 is 8.42 Å². The molecule has 2 rings (SSSR count). The van der Waals surface area contributed by atoms with Crippen molar-refractivity contribution in [3.63, 3.8) is 0 Å². The Balaban J connectivity index is 2.06. The molecule has 0 aromatic heterocycles. The van der Waals surface area contributed by atoms with Crippen LogP contribution in [0.3, 0.4) is 0 Å². The third kappa shape index (κ3) is 3.20.